The van der Waals surface area contributed by atoms with Gasteiger partial charge in [-0.2, -0.15) is 10.2 Å². The molecule has 4 aromatic heterocycles. The first-order valence-corrected chi connectivity index (χ1v) is 11.8. The van der Waals surface area contributed by atoms with Crippen LogP contribution in [0, 0.1) is 5.92 Å². The van der Waals surface area contributed by atoms with Crippen LogP contribution in [0.1, 0.15) is 38.1 Å². The molecule has 0 spiro atoms. The van der Waals surface area contributed by atoms with E-state index in [0.717, 1.165) is 0 Å². The normalized spacial score (nSPS) is 12.8. The van der Waals surface area contributed by atoms with Crippen LogP contribution in [0.4, 0.5) is 20.3 Å². The van der Waals surface area contributed by atoms with Crippen molar-refractivity contribution in [1.82, 2.24) is 34.7 Å². The van der Waals surface area contributed by atoms with Gasteiger partial charge in [0.1, 0.15) is 11.8 Å². The van der Waals surface area contributed by atoms with Crippen molar-refractivity contribution >= 4 is 34.7 Å². The third-order valence-electron chi connectivity index (χ3n) is 5.37. The van der Waals surface area contributed by atoms with Gasteiger partial charge in [0.15, 0.2) is 11.5 Å². The minimum Gasteiger partial charge on any atom is -0.349 e. The quantitative estimate of drug-likeness (QED) is 0.329. The molecule has 1 atom stereocenters. The van der Waals surface area contributed by atoms with E-state index >= 15 is 0 Å². The Morgan fingerprint density at radius 1 is 1.22 bits per heavy atom. The Kier molecular flexibility index (Phi) is 7.21. The first-order valence-electron chi connectivity index (χ1n) is 11.4. The van der Waals surface area contributed by atoms with Crippen LogP contribution in [0.25, 0.3) is 16.9 Å². The van der Waals surface area contributed by atoms with Crippen molar-refractivity contribution in [3.05, 3.63) is 53.7 Å². The Bertz CT molecular complexity index is 1380. The summed E-state index contributed by atoms with van der Waals surface area (Å²) >= 11 is 6.01. The minimum atomic E-state index is -1.45. The van der Waals surface area contributed by atoms with Gasteiger partial charge in [0.05, 0.1) is 46.5 Å². The van der Waals surface area contributed by atoms with Crippen LogP contribution < -0.4 is 10.6 Å². The average Bonchev–Trinajstić information content (AvgIpc) is 3.42. The topological polar surface area (TPSA) is 102 Å². The molecular weight excluding hydrogens is 490 g/mol. The molecule has 1 unspecified atom stereocenters. The summed E-state index contributed by atoms with van der Waals surface area (Å²) in [5.41, 5.74) is 0.778. The van der Waals surface area contributed by atoms with E-state index in [-0.39, 0.29) is 24.6 Å². The molecule has 36 heavy (non-hydrogen) atoms. The number of amides is 1. The van der Waals surface area contributed by atoms with Gasteiger partial charge in [-0.25, -0.2) is 18.3 Å². The Balaban J connectivity index is 1.68. The van der Waals surface area contributed by atoms with Crippen LogP contribution in [0.5, 0.6) is 0 Å². The van der Waals surface area contributed by atoms with E-state index in [0.29, 0.717) is 33.4 Å². The predicted octanol–water partition coefficient (Wildman–Crippen LogP) is 4.86. The largest absolute Gasteiger partial charge is 0.349 e. The molecule has 190 valence electrons. The molecular formula is C24H27ClF2N8O. The van der Waals surface area contributed by atoms with E-state index in [1.165, 1.54) is 35.4 Å². The number of aromatic nitrogens is 6. The summed E-state index contributed by atoms with van der Waals surface area (Å²) in [7, 11) is 0. The summed E-state index contributed by atoms with van der Waals surface area (Å²) < 4.78 is 31.2. The fraction of sp³-hybridized carbons (Fsp3) is 0.375. The number of nitrogens with one attached hydrogen (secondary N) is 2. The van der Waals surface area contributed by atoms with Crippen molar-refractivity contribution in [2.75, 3.05) is 11.9 Å². The van der Waals surface area contributed by atoms with E-state index in [1.54, 1.807) is 44.6 Å². The molecule has 0 fully saturated rings. The molecule has 2 N–H and O–H groups in total. The smallest absolute Gasteiger partial charge is 0.255 e. The highest BCUT2D eigenvalue weighted by Crippen LogP contribution is 2.28. The lowest BCUT2D eigenvalue weighted by molar-refractivity contribution is 0.0935. The van der Waals surface area contributed by atoms with Crippen molar-refractivity contribution in [2.45, 2.75) is 46.1 Å². The molecule has 4 rings (SSSR count). The second-order valence-electron chi connectivity index (χ2n) is 9.43. The Morgan fingerprint density at radius 3 is 2.72 bits per heavy atom. The monoisotopic (exact) mass is 516 g/mol. The molecule has 4 heterocycles. The lowest BCUT2D eigenvalue weighted by Gasteiger charge is -2.15. The summed E-state index contributed by atoms with van der Waals surface area (Å²) in [4.78, 5) is 21.7. The number of nitrogens with zero attached hydrogens (tertiary/aromatic N) is 6. The van der Waals surface area contributed by atoms with Gasteiger partial charge in [-0.15, -0.1) is 0 Å². The number of hydrogen-bond acceptors (Lipinski definition) is 6. The van der Waals surface area contributed by atoms with Crippen LogP contribution in [0.15, 0.2) is 43.1 Å². The molecule has 4 aromatic rings. The SMILES string of the molecule is CC(C)C(F)CNC(=O)c1cnc(-c2cnn3cc(Cl)cnc23)cc1Nc1ccn(CC(C)(C)F)n1. The van der Waals surface area contributed by atoms with Crippen molar-refractivity contribution in [2.24, 2.45) is 5.92 Å². The number of alkyl halides is 2. The molecule has 0 saturated heterocycles. The zero-order valence-corrected chi connectivity index (χ0v) is 21.1. The fourth-order valence-electron chi connectivity index (χ4n) is 3.48. The zero-order valence-electron chi connectivity index (χ0n) is 20.3. The zero-order chi connectivity index (χ0) is 26.0. The van der Waals surface area contributed by atoms with E-state index < -0.39 is 17.7 Å². The van der Waals surface area contributed by atoms with E-state index in [2.05, 4.69) is 30.8 Å². The number of rotatable bonds is 9. The maximum absolute atomic E-state index is 14.1. The van der Waals surface area contributed by atoms with E-state index in [9.17, 15) is 13.6 Å². The number of halogens is 3. The maximum atomic E-state index is 14.1. The average molecular weight is 517 g/mol. The highest BCUT2D eigenvalue weighted by molar-refractivity contribution is 6.30. The Labute approximate surface area is 211 Å². The summed E-state index contributed by atoms with van der Waals surface area (Å²) in [5.74, 6) is -0.321. The summed E-state index contributed by atoms with van der Waals surface area (Å²) in [6.45, 7) is 6.35. The molecule has 12 heteroatoms. The second-order valence-corrected chi connectivity index (χ2v) is 9.86. The predicted molar refractivity (Wildman–Crippen MR) is 134 cm³/mol. The highest BCUT2D eigenvalue weighted by atomic mass is 35.5. The summed E-state index contributed by atoms with van der Waals surface area (Å²) in [5, 5.41) is 14.8. The molecule has 0 aliphatic carbocycles. The fourth-order valence-corrected chi connectivity index (χ4v) is 3.62. The van der Waals surface area contributed by atoms with Gasteiger partial charge in [-0.05, 0) is 25.8 Å². The van der Waals surface area contributed by atoms with Gasteiger partial charge in [0.25, 0.3) is 5.91 Å². The van der Waals surface area contributed by atoms with Gasteiger partial charge in [0, 0.05) is 31.2 Å². The number of anilines is 2. The molecule has 1 amide bonds. The van der Waals surface area contributed by atoms with Crippen molar-refractivity contribution < 1.29 is 13.6 Å². The second kappa shape index (κ2) is 10.2. The lowest BCUT2D eigenvalue weighted by atomic mass is 10.1. The van der Waals surface area contributed by atoms with Crippen molar-refractivity contribution in [3.63, 3.8) is 0 Å². The van der Waals surface area contributed by atoms with Gasteiger partial charge >= 0.3 is 0 Å². The maximum Gasteiger partial charge on any atom is 0.255 e. The Hall–Kier alpha value is -3.60. The lowest BCUT2D eigenvalue weighted by Crippen LogP contribution is -2.32. The van der Waals surface area contributed by atoms with Crippen LogP contribution in [-0.2, 0) is 6.54 Å². The van der Waals surface area contributed by atoms with Crippen LogP contribution >= 0.6 is 11.6 Å². The summed E-state index contributed by atoms with van der Waals surface area (Å²) in [6, 6.07) is 3.33. The molecule has 0 bridgehead atoms. The number of fused-ring (bicyclic) bond motifs is 1. The first-order chi connectivity index (χ1) is 17.0. The molecule has 0 radical (unpaired) electrons. The molecule has 0 aliphatic rings. The number of carbonyl (C=O) groups excluding carboxylic acids is 1. The number of pyridine rings is 1. The molecule has 9 nitrogen and oxygen atoms in total. The van der Waals surface area contributed by atoms with Crippen molar-refractivity contribution in [1.29, 1.82) is 0 Å². The minimum absolute atomic E-state index is 0.0628. The third kappa shape index (κ3) is 5.96. The molecule has 0 aliphatic heterocycles. The number of hydrogen-bond donors (Lipinski definition) is 2. The Morgan fingerprint density at radius 2 is 2.00 bits per heavy atom. The van der Waals surface area contributed by atoms with Gasteiger partial charge < -0.3 is 10.6 Å². The van der Waals surface area contributed by atoms with Gasteiger partial charge in [0.2, 0.25) is 0 Å². The first kappa shape index (κ1) is 25.5. The van der Waals surface area contributed by atoms with Crippen LogP contribution in [0.2, 0.25) is 5.02 Å². The number of carbonyl (C=O) groups is 1. The van der Waals surface area contributed by atoms with Gasteiger partial charge in [-0.3, -0.25) is 14.5 Å². The van der Waals surface area contributed by atoms with Crippen LogP contribution in [-0.4, -0.2) is 53.7 Å². The van der Waals surface area contributed by atoms with Crippen molar-refractivity contribution in [3.8, 4) is 11.3 Å². The van der Waals surface area contributed by atoms with E-state index in [1.807, 2.05) is 0 Å². The van der Waals surface area contributed by atoms with E-state index in [4.69, 9.17) is 11.6 Å². The molecule has 0 saturated carbocycles. The highest BCUT2D eigenvalue weighted by Gasteiger charge is 2.20. The third-order valence-corrected chi connectivity index (χ3v) is 5.57. The standard InChI is InChI=1S/C24H27ClF2N8O/c1-14(2)18(26)11-30-23(36)17-9-28-19(16-10-31-35-12-15(25)8-29-22(16)35)7-20(17)32-21-5-6-34(33-21)13-24(3,4)27/h5-10,12,14,18H,11,13H2,1-4H3,(H,30,36)(H,28,32,33). The molecule has 0 aromatic carbocycles. The van der Waals surface area contributed by atoms with Crippen LogP contribution in [0.3, 0.4) is 0 Å². The summed E-state index contributed by atoms with van der Waals surface area (Å²) in [6.07, 6.45) is 6.57. The van der Waals surface area contributed by atoms with Gasteiger partial charge in [-0.1, -0.05) is 25.4 Å².